The molecule has 1 aliphatic rings. The van der Waals surface area contributed by atoms with E-state index in [1.165, 1.54) is 50.5 Å². The summed E-state index contributed by atoms with van der Waals surface area (Å²) in [6.45, 7) is 5.21. The maximum Gasteiger partial charge on any atom is 0.119 e. The first-order chi connectivity index (χ1) is 11.3. The lowest BCUT2D eigenvalue weighted by Crippen LogP contribution is -2.29. The Morgan fingerprint density at radius 1 is 1.00 bits per heavy atom. The molecule has 2 heteroatoms. The highest BCUT2D eigenvalue weighted by Gasteiger charge is 2.31. The van der Waals surface area contributed by atoms with Crippen molar-refractivity contribution in [3.05, 3.63) is 29.8 Å². The molecule has 130 valence electrons. The summed E-state index contributed by atoms with van der Waals surface area (Å²) in [7, 11) is 1.88. The minimum absolute atomic E-state index is 0.373. The van der Waals surface area contributed by atoms with Gasteiger partial charge in [0.05, 0.1) is 12.7 Å². The van der Waals surface area contributed by atoms with Crippen molar-refractivity contribution in [2.75, 3.05) is 13.7 Å². The molecular weight excluding hydrogens is 284 g/mol. The maximum absolute atomic E-state index is 5.86. The van der Waals surface area contributed by atoms with Gasteiger partial charge in [0.2, 0.25) is 0 Å². The molecule has 0 saturated heterocycles. The molecule has 1 fully saturated rings. The summed E-state index contributed by atoms with van der Waals surface area (Å²) >= 11 is 0. The third-order valence-electron chi connectivity index (χ3n) is 5.20. The van der Waals surface area contributed by atoms with Crippen molar-refractivity contribution in [2.24, 2.45) is 5.92 Å². The fourth-order valence-electron chi connectivity index (χ4n) is 3.83. The Kier molecular flexibility index (Phi) is 7.94. The molecule has 0 radical (unpaired) electrons. The number of methoxy groups -OCH3 is 1. The molecule has 2 rings (SSSR count). The van der Waals surface area contributed by atoms with Crippen LogP contribution in [-0.4, -0.2) is 19.8 Å². The summed E-state index contributed by atoms with van der Waals surface area (Å²) < 4.78 is 11.5. The van der Waals surface area contributed by atoms with Crippen LogP contribution in [-0.2, 0) is 4.74 Å². The van der Waals surface area contributed by atoms with E-state index < -0.39 is 0 Å². The van der Waals surface area contributed by atoms with Crippen LogP contribution in [0.5, 0.6) is 5.75 Å². The SMILES string of the molecule is CCCCCC1CCC(c2ccc(OCCC)cc2)C(OC)C1. The van der Waals surface area contributed by atoms with Crippen LogP contribution < -0.4 is 4.74 Å². The van der Waals surface area contributed by atoms with Crippen LogP contribution in [0, 0.1) is 5.92 Å². The van der Waals surface area contributed by atoms with Crippen molar-refractivity contribution in [3.8, 4) is 5.75 Å². The van der Waals surface area contributed by atoms with Gasteiger partial charge in [0.1, 0.15) is 5.75 Å². The zero-order valence-electron chi connectivity index (χ0n) is 15.2. The quantitative estimate of drug-likeness (QED) is 0.523. The van der Waals surface area contributed by atoms with E-state index >= 15 is 0 Å². The third kappa shape index (κ3) is 5.53. The van der Waals surface area contributed by atoms with Crippen molar-refractivity contribution in [1.29, 1.82) is 0 Å². The number of hydrogen-bond donors (Lipinski definition) is 0. The predicted octanol–water partition coefficient (Wildman–Crippen LogP) is 5.95. The van der Waals surface area contributed by atoms with E-state index in [0.29, 0.717) is 12.0 Å². The summed E-state index contributed by atoms with van der Waals surface area (Å²) in [6.07, 6.45) is 10.7. The van der Waals surface area contributed by atoms with Crippen molar-refractivity contribution in [3.63, 3.8) is 0 Å². The van der Waals surface area contributed by atoms with Crippen LogP contribution in [0.1, 0.15) is 76.7 Å². The molecule has 1 aromatic carbocycles. The predicted molar refractivity (Wildman–Crippen MR) is 97.2 cm³/mol. The van der Waals surface area contributed by atoms with Gasteiger partial charge in [-0.05, 0) is 49.3 Å². The summed E-state index contributed by atoms with van der Waals surface area (Å²) in [6, 6.07) is 8.70. The second kappa shape index (κ2) is 9.97. The summed E-state index contributed by atoms with van der Waals surface area (Å²) in [4.78, 5) is 0. The van der Waals surface area contributed by atoms with Crippen molar-refractivity contribution < 1.29 is 9.47 Å². The lowest BCUT2D eigenvalue weighted by molar-refractivity contribution is 0.0304. The molecule has 1 saturated carbocycles. The highest BCUT2D eigenvalue weighted by atomic mass is 16.5. The number of ether oxygens (including phenoxy) is 2. The smallest absolute Gasteiger partial charge is 0.119 e. The lowest BCUT2D eigenvalue weighted by Gasteiger charge is -2.35. The van der Waals surface area contributed by atoms with E-state index in [1.807, 2.05) is 7.11 Å². The van der Waals surface area contributed by atoms with Gasteiger partial charge in [0.25, 0.3) is 0 Å². The summed E-state index contributed by atoms with van der Waals surface area (Å²) in [5, 5.41) is 0. The Balaban J connectivity index is 1.91. The molecule has 0 aromatic heterocycles. The first kappa shape index (κ1) is 18.3. The molecule has 0 amide bonds. The van der Waals surface area contributed by atoms with Crippen LogP contribution in [0.15, 0.2) is 24.3 Å². The molecule has 0 N–H and O–H groups in total. The zero-order chi connectivity index (χ0) is 16.5. The van der Waals surface area contributed by atoms with Crippen LogP contribution in [0.2, 0.25) is 0 Å². The minimum atomic E-state index is 0.373. The maximum atomic E-state index is 5.86. The molecule has 0 bridgehead atoms. The van der Waals surface area contributed by atoms with Gasteiger partial charge < -0.3 is 9.47 Å². The summed E-state index contributed by atoms with van der Waals surface area (Å²) in [5.74, 6) is 2.38. The first-order valence-corrected chi connectivity index (χ1v) is 9.54. The first-order valence-electron chi connectivity index (χ1n) is 9.54. The van der Waals surface area contributed by atoms with Crippen molar-refractivity contribution >= 4 is 0 Å². The second-order valence-electron chi connectivity index (χ2n) is 6.97. The number of unbranched alkanes of at least 4 members (excludes halogenated alkanes) is 2. The summed E-state index contributed by atoms with van der Waals surface area (Å²) in [5.41, 5.74) is 1.41. The van der Waals surface area contributed by atoms with E-state index in [4.69, 9.17) is 9.47 Å². The fourth-order valence-corrected chi connectivity index (χ4v) is 3.83. The molecule has 3 atom stereocenters. The van der Waals surface area contributed by atoms with E-state index in [-0.39, 0.29) is 0 Å². The van der Waals surface area contributed by atoms with E-state index in [1.54, 1.807) is 0 Å². The van der Waals surface area contributed by atoms with Crippen molar-refractivity contribution in [1.82, 2.24) is 0 Å². The Morgan fingerprint density at radius 3 is 2.43 bits per heavy atom. The van der Waals surface area contributed by atoms with Crippen molar-refractivity contribution in [2.45, 2.75) is 77.2 Å². The average Bonchev–Trinajstić information content (AvgIpc) is 2.60. The molecule has 3 unspecified atom stereocenters. The number of hydrogen-bond acceptors (Lipinski definition) is 2. The van der Waals surface area contributed by atoms with Crippen LogP contribution in [0.3, 0.4) is 0 Å². The van der Waals surface area contributed by atoms with E-state index in [0.717, 1.165) is 24.7 Å². The molecule has 0 spiro atoms. The van der Waals surface area contributed by atoms with Crippen LogP contribution in [0.4, 0.5) is 0 Å². The topological polar surface area (TPSA) is 18.5 Å². The molecule has 0 heterocycles. The Hall–Kier alpha value is -1.02. The van der Waals surface area contributed by atoms with Gasteiger partial charge in [-0.2, -0.15) is 0 Å². The van der Waals surface area contributed by atoms with Crippen LogP contribution >= 0.6 is 0 Å². The second-order valence-corrected chi connectivity index (χ2v) is 6.97. The van der Waals surface area contributed by atoms with Gasteiger partial charge in [0.15, 0.2) is 0 Å². The van der Waals surface area contributed by atoms with Gasteiger partial charge in [-0.15, -0.1) is 0 Å². The highest BCUT2D eigenvalue weighted by Crippen LogP contribution is 2.39. The molecule has 2 nitrogen and oxygen atoms in total. The lowest BCUT2D eigenvalue weighted by atomic mass is 9.75. The van der Waals surface area contributed by atoms with Gasteiger partial charge in [-0.1, -0.05) is 51.7 Å². The number of benzene rings is 1. The standard InChI is InChI=1S/C21H34O2/c1-4-6-7-8-17-9-14-20(21(16-17)22-3)18-10-12-19(13-11-18)23-15-5-2/h10-13,17,20-21H,4-9,14-16H2,1-3H3. The van der Waals surface area contributed by atoms with Gasteiger partial charge in [-0.25, -0.2) is 0 Å². The van der Waals surface area contributed by atoms with Gasteiger partial charge in [-0.3, -0.25) is 0 Å². The Bertz CT molecular complexity index is 426. The average molecular weight is 319 g/mol. The molecule has 1 aromatic rings. The van der Waals surface area contributed by atoms with Gasteiger partial charge >= 0.3 is 0 Å². The normalized spacial score (nSPS) is 24.6. The zero-order valence-corrected chi connectivity index (χ0v) is 15.2. The highest BCUT2D eigenvalue weighted by molar-refractivity contribution is 5.30. The molecule has 0 aliphatic heterocycles. The minimum Gasteiger partial charge on any atom is -0.494 e. The third-order valence-corrected chi connectivity index (χ3v) is 5.20. The van der Waals surface area contributed by atoms with Crippen LogP contribution in [0.25, 0.3) is 0 Å². The molecule has 23 heavy (non-hydrogen) atoms. The Labute approximate surface area is 142 Å². The largest absolute Gasteiger partial charge is 0.494 e. The fraction of sp³-hybridized carbons (Fsp3) is 0.714. The monoisotopic (exact) mass is 318 g/mol. The molecular formula is C21H34O2. The van der Waals surface area contributed by atoms with Gasteiger partial charge in [0, 0.05) is 13.0 Å². The molecule has 1 aliphatic carbocycles. The van der Waals surface area contributed by atoms with E-state index in [2.05, 4.69) is 38.1 Å². The Morgan fingerprint density at radius 2 is 1.78 bits per heavy atom. The van der Waals surface area contributed by atoms with E-state index in [9.17, 15) is 0 Å². The number of rotatable bonds is 9.